The van der Waals surface area contributed by atoms with E-state index in [1.54, 1.807) is 0 Å². The normalized spacial score (nSPS) is 16.3. The lowest BCUT2D eigenvalue weighted by atomic mass is 9.95. The molecule has 0 atom stereocenters. The van der Waals surface area contributed by atoms with E-state index in [0.717, 1.165) is 34.6 Å². The fourth-order valence-corrected chi connectivity index (χ4v) is 2.96. The van der Waals surface area contributed by atoms with Gasteiger partial charge in [0.25, 0.3) is 0 Å². The smallest absolute Gasteiger partial charge is 0.135 e. The van der Waals surface area contributed by atoms with Crippen molar-refractivity contribution in [3.8, 4) is 5.75 Å². The van der Waals surface area contributed by atoms with Crippen LogP contribution in [-0.2, 0) is 0 Å². The number of halogens is 1. The molecule has 1 aromatic rings. The molecule has 1 aliphatic rings. The molecule has 106 valence electrons. The van der Waals surface area contributed by atoms with E-state index in [-0.39, 0.29) is 0 Å². The summed E-state index contributed by atoms with van der Waals surface area (Å²) in [5.41, 5.74) is 7.87. The molecule has 2 rings (SSSR count). The molecule has 4 heteroatoms. The number of hydrogen-bond donors (Lipinski definition) is 2. The zero-order chi connectivity index (χ0) is 13.7. The monoisotopic (exact) mass is 326 g/mol. The number of benzene rings is 1. The Morgan fingerprint density at radius 3 is 2.74 bits per heavy atom. The van der Waals surface area contributed by atoms with Crippen LogP contribution in [0.2, 0.25) is 0 Å². The third-order valence-corrected chi connectivity index (χ3v) is 4.15. The fraction of sp³-hybridized carbons (Fsp3) is 0.600. The minimum Gasteiger partial charge on any atom is -0.492 e. The first-order valence-corrected chi connectivity index (χ1v) is 7.98. The summed E-state index contributed by atoms with van der Waals surface area (Å²) >= 11 is 3.50. The number of nitrogens with one attached hydrogen (secondary N) is 1. The van der Waals surface area contributed by atoms with Crippen molar-refractivity contribution in [1.82, 2.24) is 0 Å². The Bertz CT molecular complexity index is 417. The molecule has 0 aliphatic heterocycles. The van der Waals surface area contributed by atoms with Crippen molar-refractivity contribution >= 4 is 27.3 Å². The summed E-state index contributed by atoms with van der Waals surface area (Å²) in [5.74, 6) is 0.870. The van der Waals surface area contributed by atoms with E-state index >= 15 is 0 Å². The van der Waals surface area contributed by atoms with Gasteiger partial charge in [-0.1, -0.05) is 26.2 Å². The molecule has 0 spiro atoms. The molecule has 0 saturated heterocycles. The molecule has 3 nitrogen and oxygen atoms in total. The summed E-state index contributed by atoms with van der Waals surface area (Å²) in [5, 5.41) is 3.57. The summed E-state index contributed by atoms with van der Waals surface area (Å²) < 4.78 is 6.65. The first-order valence-electron chi connectivity index (χ1n) is 7.19. The number of ether oxygens (including phenoxy) is 1. The Morgan fingerprint density at radius 2 is 2.05 bits per heavy atom. The van der Waals surface area contributed by atoms with E-state index in [9.17, 15) is 0 Å². The van der Waals surface area contributed by atoms with Crippen LogP contribution in [0.3, 0.4) is 0 Å². The van der Waals surface area contributed by atoms with E-state index in [4.69, 9.17) is 10.5 Å². The third kappa shape index (κ3) is 4.03. The largest absolute Gasteiger partial charge is 0.492 e. The maximum atomic E-state index is 6.09. The summed E-state index contributed by atoms with van der Waals surface area (Å²) in [4.78, 5) is 0. The van der Waals surface area contributed by atoms with E-state index < -0.39 is 0 Å². The summed E-state index contributed by atoms with van der Waals surface area (Å²) in [6, 6.07) is 4.50. The van der Waals surface area contributed by atoms with Crippen molar-refractivity contribution < 1.29 is 4.74 Å². The predicted molar refractivity (Wildman–Crippen MR) is 84.8 cm³/mol. The van der Waals surface area contributed by atoms with Gasteiger partial charge in [-0.25, -0.2) is 0 Å². The summed E-state index contributed by atoms with van der Waals surface area (Å²) in [7, 11) is 0. The zero-order valence-corrected chi connectivity index (χ0v) is 13.1. The van der Waals surface area contributed by atoms with Crippen molar-refractivity contribution in [1.29, 1.82) is 0 Å². The van der Waals surface area contributed by atoms with Gasteiger partial charge in [0.2, 0.25) is 0 Å². The topological polar surface area (TPSA) is 47.3 Å². The second-order valence-electron chi connectivity index (χ2n) is 5.20. The van der Waals surface area contributed by atoms with Gasteiger partial charge >= 0.3 is 0 Å². The fourth-order valence-electron chi connectivity index (χ4n) is 2.48. The lowest BCUT2D eigenvalue weighted by Crippen LogP contribution is -2.22. The predicted octanol–water partition coefficient (Wildman–Crippen LogP) is 4.56. The molecule has 0 bridgehead atoms. The number of anilines is 2. The molecule has 19 heavy (non-hydrogen) atoms. The summed E-state index contributed by atoms with van der Waals surface area (Å²) in [6.07, 6.45) is 7.46. The van der Waals surface area contributed by atoms with Crippen LogP contribution in [0.5, 0.6) is 5.75 Å². The lowest BCUT2D eigenvalue weighted by Gasteiger charge is -2.25. The van der Waals surface area contributed by atoms with Crippen LogP contribution >= 0.6 is 15.9 Å². The van der Waals surface area contributed by atoms with Gasteiger partial charge in [0.1, 0.15) is 5.75 Å². The molecule has 1 aliphatic carbocycles. The van der Waals surface area contributed by atoms with Gasteiger partial charge in [0, 0.05) is 12.1 Å². The van der Waals surface area contributed by atoms with Crippen LogP contribution in [0, 0.1) is 0 Å². The highest BCUT2D eigenvalue weighted by Gasteiger charge is 2.15. The van der Waals surface area contributed by atoms with Gasteiger partial charge in [-0.3, -0.25) is 0 Å². The van der Waals surface area contributed by atoms with Crippen LogP contribution < -0.4 is 15.8 Å². The first-order chi connectivity index (χ1) is 9.20. The average Bonchev–Trinajstić information content (AvgIpc) is 2.42. The van der Waals surface area contributed by atoms with Crippen molar-refractivity contribution in [3.05, 3.63) is 16.6 Å². The van der Waals surface area contributed by atoms with Crippen LogP contribution in [-0.4, -0.2) is 12.6 Å². The minimum atomic E-state index is 0.552. The van der Waals surface area contributed by atoms with Crippen LogP contribution in [0.15, 0.2) is 16.6 Å². The maximum absolute atomic E-state index is 6.09. The van der Waals surface area contributed by atoms with Crippen molar-refractivity contribution in [3.63, 3.8) is 0 Å². The Hall–Kier alpha value is -0.900. The van der Waals surface area contributed by atoms with Gasteiger partial charge in [0.15, 0.2) is 0 Å². The Morgan fingerprint density at radius 1 is 1.32 bits per heavy atom. The highest BCUT2D eigenvalue weighted by atomic mass is 79.9. The van der Waals surface area contributed by atoms with E-state index in [1.165, 1.54) is 32.1 Å². The van der Waals surface area contributed by atoms with Gasteiger partial charge in [-0.05, 0) is 41.3 Å². The van der Waals surface area contributed by atoms with E-state index in [1.807, 2.05) is 12.1 Å². The Labute approximate surface area is 124 Å². The number of rotatable bonds is 5. The molecule has 0 amide bonds. The standard InChI is InChI=1S/C15H23BrN2O/c1-2-8-19-15-10-14(13(17)9-12(15)16)18-11-6-4-3-5-7-11/h9-11,18H,2-8,17H2,1H3. The van der Waals surface area contributed by atoms with Crippen LogP contribution in [0.4, 0.5) is 11.4 Å². The van der Waals surface area contributed by atoms with E-state index in [2.05, 4.69) is 28.2 Å². The minimum absolute atomic E-state index is 0.552. The Balaban J connectivity index is 2.09. The first kappa shape index (κ1) is 14.5. The number of nitrogens with two attached hydrogens (primary N) is 1. The molecule has 0 aromatic heterocycles. The van der Waals surface area contributed by atoms with Crippen LogP contribution in [0.25, 0.3) is 0 Å². The second-order valence-corrected chi connectivity index (χ2v) is 6.05. The molecule has 0 radical (unpaired) electrons. The number of nitrogen functional groups attached to an aromatic ring is 1. The highest BCUT2D eigenvalue weighted by molar-refractivity contribution is 9.10. The molecular weight excluding hydrogens is 304 g/mol. The number of hydrogen-bond acceptors (Lipinski definition) is 3. The molecule has 1 saturated carbocycles. The second kappa shape index (κ2) is 7.04. The molecule has 3 N–H and O–H groups in total. The SMILES string of the molecule is CCCOc1cc(NC2CCCCC2)c(N)cc1Br. The van der Waals surface area contributed by atoms with Crippen molar-refractivity contribution in [2.75, 3.05) is 17.7 Å². The van der Waals surface area contributed by atoms with E-state index in [0.29, 0.717) is 6.04 Å². The zero-order valence-electron chi connectivity index (χ0n) is 11.5. The van der Waals surface area contributed by atoms with Crippen LogP contribution in [0.1, 0.15) is 45.4 Å². The Kier molecular flexibility index (Phi) is 5.37. The molecule has 0 unspecified atom stereocenters. The van der Waals surface area contributed by atoms with Crippen molar-refractivity contribution in [2.45, 2.75) is 51.5 Å². The lowest BCUT2D eigenvalue weighted by molar-refractivity contribution is 0.315. The third-order valence-electron chi connectivity index (χ3n) is 3.53. The van der Waals surface area contributed by atoms with Gasteiger partial charge in [-0.2, -0.15) is 0 Å². The maximum Gasteiger partial charge on any atom is 0.135 e. The van der Waals surface area contributed by atoms with Crippen molar-refractivity contribution in [2.24, 2.45) is 0 Å². The molecule has 1 fully saturated rings. The average molecular weight is 327 g/mol. The molecular formula is C15H23BrN2O. The quantitative estimate of drug-likeness (QED) is 0.779. The summed E-state index contributed by atoms with van der Waals surface area (Å²) in [6.45, 7) is 2.83. The van der Waals surface area contributed by atoms with Gasteiger partial charge < -0.3 is 15.8 Å². The van der Waals surface area contributed by atoms with Gasteiger partial charge in [-0.15, -0.1) is 0 Å². The van der Waals surface area contributed by atoms with Gasteiger partial charge in [0.05, 0.1) is 22.5 Å². The highest BCUT2D eigenvalue weighted by Crippen LogP contribution is 2.34. The molecule has 0 heterocycles. The molecule has 1 aromatic carbocycles.